The molecule has 0 atom stereocenters. The number of nitrogens with zero attached hydrogens (tertiary/aromatic N) is 5. The molecule has 0 radical (unpaired) electrons. The van der Waals surface area contributed by atoms with Crippen molar-refractivity contribution in [2.24, 2.45) is 5.92 Å². The number of carbonyl (C=O) groups is 1. The van der Waals surface area contributed by atoms with E-state index in [2.05, 4.69) is 70.2 Å². The van der Waals surface area contributed by atoms with E-state index in [0.29, 0.717) is 30.6 Å². The van der Waals surface area contributed by atoms with Crippen molar-refractivity contribution in [1.29, 1.82) is 0 Å². The van der Waals surface area contributed by atoms with Crippen LogP contribution in [0.1, 0.15) is 31.4 Å². The van der Waals surface area contributed by atoms with Gasteiger partial charge in [-0.2, -0.15) is 9.97 Å². The van der Waals surface area contributed by atoms with Gasteiger partial charge in [0, 0.05) is 39.3 Å². The number of amides is 1. The highest BCUT2D eigenvalue weighted by Gasteiger charge is 2.27. The number of likely N-dealkylation sites (N-methyl/N-ethyl adjacent to an activating group) is 1. The predicted molar refractivity (Wildman–Crippen MR) is 130 cm³/mol. The van der Waals surface area contributed by atoms with Crippen molar-refractivity contribution in [3.63, 3.8) is 0 Å². The van der Waals surface area contributed by atoms with Crippen LogP contribution in [-0.4, -0.2) is 72.1 Å². The molecule has 0 spiro atoms. The molecule has 3 N–H and O–H groups in total. The van der Waals surface area contributed by atoms with E-state index in [1.165, 1.54) is 5.56 Å². The molecular formula is C24H35N7O2. The molecule has 0 saturated carbocycles. The Labute approximate surface area is 195 Å². The number of hydrogen-bond donors (Lipinski definition) is 2. The van der Waals surface area contributed by atoms with Crippen LogP contribution in [-0.2, 0) is 17.9 Å². The molecule has 9 heteroatoms. The van der Waals surface area contributed by atoms with Gasteiger partial charge < -0.3 is 25.6 Å². The number of fused-ring (bicyclic) bond motifs is 1. The van der Waals surface area contributed by atoms with Gasteiger partial charge in [0.25, 0.3) is 0 Å². The summed E-state index contributed by atoms with van der Waals surface area (Å²) in [6.07, 6.45) is 0.904. The molecule has 1 saturated heterocycles. The van der Waals surface area contributed by atoms with Gasteiger partial charge in [0.05, 0.1) is 13.2 Å². The smallest absolute Gasteiger partial charge is 0.320 e. The summed E-state index contributed by atoms with van der Waals surface area (Å²) in [5.74, 6) is 1.22. The zero-order valence-electron chi connectivity index (χ0n) is 19.9. The minimum atomic E-state index is -0.125. The van der Waals surface area contributed by atoms with E-state index in [0.717, 1.165) is 44.7 Å². The first-order valence-electron chi connectivity index (χ1n) is 11.7. The van der Waals surface area contributed by atoms with E-state index in [-0.39, 0.29) is 24.3 Å². The minimum absolute atomic E-state index is 0.125. The second-order valence-electron chi connectivity index (χ2n) is 9.42. The fourth-order valence-corrected chi connectivity index (χ4v) is 4.11. The molecular weight excluding hydrogens is 418 g/mol. The predicted octanol–water partition coefficient (Wildman–Crippen LogP) is 2.19. The van der Waals surface area contributed by atoms with E-state index in [9.17, 15) is 4.79 Å². The van der Waals surface area contributed by atoms with Crippen LogP contribution in [0, 0.1) is 5.92 Å². The molecule has 0 bridgehead atoms. The lowest BCUT2D eigenvalue weighted by Gasteiger charge is -2.32. The molecule has 2 aliphatic heterocycles. The molecule has 2 aromatic rings. The summed E-state index contributed by atoms with van der Waals surface area (Å²) in [7, 11) is 2.17. The molecule has 1 fully saturated rings. The number of ether oxygens (including phenoxy) is 1. The summed E-state index contributed by atoms with van der Waals surface area (Å²) >= 11 is 0. The lowest BCUT2D eigenvalue weighted by molar-refractivity contribution is -0.115. The molecule has 3 heterocycles. The van der Waals surface area contributed by atoms with E-state index in [1.54, 1.807) is 0 Å². The largest absolute Gasteiger partial charge is 0.463 e. The number of aromatic nitrogens is 2. The monoisotopic (exact) mass is 453 g/mol. The fourth-order valence-electron chi connectivity index (χ4n) is 4.11. The van der Waals surface area contributed by atoms with Crippen LogP contribution in [0.4, 0.5) is 17.3 Å². The average molecular weight is 454 g/mol. The number of piperazine rings is 1. The van der Waals surface area contributed by atoms with Gasteiger partial charge in [0.15, 0.2) is 11.6 Å². The fraction of sp³-hybridized carbons (Fsp3) is 0.542. The minimum Gasteiger partial charge on any atom is -0.463 e. The first-order chi connectivity index (χ1) is 15.9. The second-order valence-corrected chi connectivity index (χ2v) is 9.42. The molecule has 2 aliphatic rings. The number of carbonyl (C=O) groups excluding carboxylic acids is 1. The number of rotatable bonds is 8. The van der Waals surface area contributed by atoms with E-state index >= 15 is 0 Å². The number of nitrogens with one attached hydrogen (secondary N) is 1. The second kappa shape index (κ2) is 10.4. The molecule has 0 unspecified atom stereocenters. The third-order valence-electron chi connectivity index (χ3n) is 6.09. The van der Waals surface area contributed by atoms with Gasteiger partial charge >= 0.3 is 6.01 Å². The summed E-state index contributed by atoms with van der Waals surface area (Å²) in [5, 5.41) is 2.82. The third kappa shape index (κ3) is 6.11. The van der Waals surface area contributed by atoms with Gasteiger partial charge in [-0.25, -0.2) is 0 Å². The number of anilines is 3. The standard InChI is InChI=1S/C24H35N7O2/c1-17(2)7-12-33-24-27-22(25)21-23(28-24)31(16-20(32)26-21)15-19-6-4-5-18(13-19)14-30-10-8-29(3)9-11-30/h4-6,13,17H,7-12,14-16H2,1-3H3,(H,26,32)(H2,25,27,28). The Morgan fingerprint density at radius 1 is 1.12 bits per heavy atom. The first kappa shape index (κ1) is 23.3. The summed E-state index contributed by atoms with van der Waals surface area (Å²) in [6, 6.07) is 8.80. The Hall–Kier alpha value is -2.91. The van der Waals surface area contributed by atoms with E-state index < -0.39 is 0 Å². The summed E-state index contributed by atoms with van der Waals surface area (Å²) in [5.41, 5.74) is 9.01. The molecule has 4 rings (SSSR count). The first-order valence-corrected chi connectivity index (χ1v) is 11.7. The zero-order chi connectivity index (χ0) is 23.4. The third-order valence-corrected chi connectivity index (χ3v) is 6.09. The van der Waals surface area contributed by atoms with Crippen molar-refractivity contribution in [2.45, 2.75) is 33.4 Å². The molecule has 0 aliphatic carbocycles. The lowest BCUT2D eigenvalue weighted by atomic mass is 10.1. The number of benzene rings is 1. The molecule has 33 heavy (non-hydrogen) atoms. The molecule has 1 amide bonds. The average Bonchev–Trinajstić information content (AvgIpc) is 2.76. The van der Waals surface area contributed by atoms with Crippen molar-refractivity contribution < 1.29 is 9.53 Å². The van der Waals surface area contributed by atoms with Crippen molar-refractivity contribution in [3.05, 3.63) is 35.4 Å². The molecule has 178 valence electrons. The van der Waals surface area contributed by atoms with Gasteiger partial charge in [-0.1, -0.05) is 38.1 Å². The van der Waals surface area contributed by atoms with Gasteiger partial charge in [-0.3, -0.25) is 9.69 Å². The van der Waals surface area contributed by atoms with E-state index in [1.807, 2.05) is 4.90 Å². The Kier molecular flexibility index (Phi) is 7.29. The number of nitrogens with two attached hydrogens (primary N) is 1. The Balaban J connectivity index is 1.49. The van der Waals surface area contributed by atoms with Gasteiger partial charge in [-0.15, -0.1) is 0 Å². The van der Waals surface area contributed by atoms with Crippen LogP contribution in [0.15, 0.2) is 24.3 Å². The molecule has 1 aromatic heterocycles. The van der Waals surface area contributed by atoms with E-state index in [4.69, 9.17) is 10.5 Å². The molecule has 9 nitrogen and oxygen atoms in total. The van der Waals surface area contributed by atoms with Crippen molar-refractivity contribution in [1.82, 2.24) is 19.8 Å². The van der Waals surface area contributed by atoms with Crippen LogP contribution in [0.3, 0.4) is 0 Å². The van der Waals surface area contributed by atoms with Crippen LogP contribution < -0.4 is 20.7 Å². The highest BCUT2D eigenvalue weighted by Crippen LogP contribution is 2.34. The van der Waals surface area contributed by atoms with Gasteiger partial charge in [0.2, 0.25) is 5.91 Å². The highest BCUT2D eigenvalue weighted by molar-refractivity contribution is 6.03. The summed E-state index contributed by atoms with van der Waals surface area (Å²) < 4.78 is 5.75. The maximum Gasteiger partial charge on any atom is 0.320 e. The van der Waals surface area contributed by atoms with Crippen molar-refractivity contribution in [3.8, 4) is 6.01 Å². The number of hydrogen-bond acceptors (Lipinski definition) is 8. The highest BCUT2D eigenvalue weighted by atomic mass is 16.5. The Morgan fingerprint density at radius 3 is 2.58 bits per heavy atom. The van der Waals surface area contributed by atoms with Crippen molar-refractivity contribution in [2.75, 3.05) is 62.3 Å². The van der Waals surface area contributed by atoms with Crippen molar-refractivity contribution >= 4 is 23.2 Å². The zero-order valence-corrected chi connectivity index (χ0v) is 19.9. The normalized spacial score (nSPS) is 17.2. The summed E-state index contributed by atoms with van der Waals surface area (Å²) in [4.78, 5) is 28.0. The lowest BCUT2D eigenvalue weighted by Crippen LogP contribution is -2.43. The van der Waals surface area contributed by atoms with Crippen LogP contribution in [0.2, 0.25) is 0 Å². The topological polar surface area (TPSA) is 99.8 Å². The number of nitrogen functional groups attached to an aromatic ring is 1. The molecule has 1 aromatic carbocycles. The van der Waals surface area contributed by atoms with Gasteiger partial charge in [0.1, 0.15) is 5.69 Å². The Morgan fingerprint density at radius 2 is 1.85 bits per heavy atom. The van der Waals surface area contributed by atoms with Gasteiger partial charge in [-0.05, 0) is 30.5 Å². The Bertz CT molecular complexity index is 973. The van der Waals surface area contributed by atoms with Crippen LogP contribution in [0.5, 0.6) is 6.01 Å². The SMILES string of the molecule is CC(C)CCOc1nc(N)c2c(n1)N(Cc1cccc(CN3CCN(C)CC3)c1)CC(=O)N2. The van der Waals surface area contributed by atoms with Crippen LogP contribution in [0.25, 0.3) is 0 Å². The quantitative estimate of drug-likeness (QED) is 0.628. The maximum atomic E-state index is 12.4. The summed E-state index contributed by atoms with van der Waals surface area (Å²) in [6.45, 7) is 10.9. The maximum absolute atomic E-state index is 12.4. The van der Waals surface area contributed by atoms with Crippen LogP contribution >= 0.6 is 0 Å².